The van der Waals surface area contributed by atoms with Gasteiger partial charge >= 0.3 is 5.97 Å². The smallest absolute Gasteiger partial charge is 0.316 e. The summed E-state index contributed by atoms with van der Waals surface area (Å²) in [7, 11) is 1.50. The zero-order valence-corrected chi connectivity index (χ0v) is 18.1. The summed E-state index contributed by atoms with van der Waals surface area (Å²) in [6.07, 6.45) is 2.95. The molecule has 158 valence electrons. The van der Waals surface area contributed by atoms with E-state index in [1.165, 1.54) is 18.2 Å². The molecule has 2 aliphatic carbocycles. The molecule has 0 spiro atoms. The van der Waals surface area contributed by atoms with Crippen molar-refractivity contribution in [3.8, 4) is 5.75 Å². The van der Waals surface area contributed by atoms with Gasteiger partial charge in [-0.3, -0.25) is 9.69 Å². The second-order valence-electron chi connectivity index (χ2n) is 9.79. The first-order valence-electron chi connectivity index (χ1n) is 11.1. The predicted octanol–water partition coefficient (Wildman–Crippen LogP) is 4.05. The van der Waals surface area contributed by atoms with Gasteiger partial charge in [-0.05, 0) is 71.9 Å². The van der Waals surface area contributed by atoms with Gasteiger partial charge in [0.2, 0.25) is 0 Å². The maximum atomic E-state index is 12.8. The molecule has 2 aromatic rings. The highest BCUT2D eigenvalue weighted by Gasteiger charge is 2.63. The fourth-order valence-corrected chi connectivity index (χ4v) is 6.39. The average Bonchev–Trinajstić information content (AvgIpc) is 3.48. The van der Waals surface area contributed by atoms with Crippen LogP contribution in [0, 0.1) is 11.8 Å². The van der Waals surface area contributed by atoms with E-state index in [0.29, 0.717) is 23.6 Å². The van der Waals surface area contributed by atoms with Gasteiger partial charge in [0.15, 0.2) is 0 Å². The van der Waals surface area contributed by atoms with Crippen LogP contribution >= 0.6 is 0 Å². The van der Waals surface area contributed by atoms with Crippen LogP contribution in [0.5, 0.6) is 5.75 Å². The Morgan fingerprint density at radius 3 is 2.73 bits per heavy atom. The number of carbonyl (C=O) groups is 1. The van der Waals surface area contributed by atoms with Crippen molar-refractivity contribution in [3.05, 3.63) is 65.2 Å². The van der Waals surface area contributed by atoms with Crippen LogP contribution in [-0.4, -0.2) is 42.2 Å². The Kier molecular flexibility index (Phi) is 4.48. The van der Waals surface area contributed by atoms with Crippen LogP contribution in [-0.2, 0) is 26.8 Å². The second kappa shape index (κ2) is 6.84. The Labute approximate surface area is 178 Å². The van der Waals surface area contributed by atoms with Crippen molar-refractivity contribution in [2.45, 2.75) is 50.0 Å². The molecule has 30 heavy (non-hydrogen) atoms. The maximum absolute atomic E-state index is 12.8. The lowest BCUT2D eigenvalue weighted by Crippen LogP contribution is -2.58. The quantitative estimate of drug-likeness (QED) is 0.780. The predicted molar refractivity (Wildman–Crippen MR) is 117 cm³/mol. The van der Waals surface area contributed by atoms with Crippen molar-refractivity contribution in [1.29, 1.82) is 0 Å². The molecule has 2 fully saturated rings. The SMILES string of the molecule is COC(=O)[C@]1(c2ccccc2)C[C@@H]1CN1CC[C@@]2(C)c3cc(O)ccc3CC1[C@@H]2C. The van der Waals surface area contributed by atoms with E-state index in [1.807, 2.05) is 30.3 Å². The summed E-state index contributed by atoms with van der Waals surface area (Å²) in [6.45, 7) is 6.69. The molecule has 1 N–H and O–H groups in total. The van der Waals surface area contributed by atoms with Crippen molar-refractivity contribution in [1.82, 2.24) is 4.90 Å². The van der Waals surface area contributed by atoms with Crippen LogP contribution in [0.2, 0.25) is 0 Å². The first-order valence-corrected chi connectivity index (χ1v) is 11.1. The number of carbonyl (C=O) groups excluding carboxylic acids is 1. The van der Waals surface area contributed by atoms with Gasteiger partial charge in [-0.25, -0.2) is 0 Å². The topological polar surface area (TPSA) is 49.8 Å². The molecule has 0 amide bonds. The fraction of sp³-hybridized carbons (Fsp3) is 0.500. The van der Waals surface area contributed by atoms with Crippen LogP contribution in [0.25, 0.3) is 0 Å². The highest BCUT2D eigenvalue weighted by Crippen LogP contribution is 2.57. The number of fused-ring (bicyclic) bond motifs is 4. The van der Waals surface area contributed by atoms with Crippen LogP contribution in [0.4, 0.5) is 0 Å². The van der Waals surface area contributed by atoms with Gasteiger partial charge in [-0.2, -0.15) is 0 Å². The first-order chi connectivity index (χ1) is 14.4. The van der Waals surface area contributed by atoms with Crippen molar-refractivity contribution < 1.29 is 14.6 Å². The number of piperidine rings is 1. The maximum Gasteiger partial charge on any atom is 0.316 e. The third-order valence-electron chi connectivity index (χ3n) is 8.51. The standard InChI is InChI=1S/C26H31NO3/c1-17-23-13-18-9-10-21(28)14-22(18)25(17,2)11-12-27(23)16-20-15-26(20,24(29)30-3)19-7-5-4-6-8-19/h4-10,14,17,20,23,28H,11-13,15-16H2,1-3H3/t17-,20+,23?,25+,26-/m0/s1. The van der Waals surface area contributed by atoms with Gasteiger partial charge in [-0.15, -0.1) is 0 Å². The molecule has 2 bridgehead atoms. The zero-order chi connectivity index (χ0) is 21.1. The number of phenols is 1. The molecule has 4 nitrogen and oxygen atoms in total. The van der Waals surface area contributed by atoms with E-state index in [9.17, 15) is 9.90 Å². The van der Waals surface area contributed by atoms with Crippen LogP contribution < -0.4 is 0 Å². The monoisotopic (exact) mass is 405 g/mol. The molecule has 2 aromatic carbocycles. The number of hydrogen-bond acceptors (Lipinski definition) is 4. The summed E-state index contributed by atoms with van der Waals surface area (Å²) >= 11 is 0. The number of benzene rings is 2. The summed E-state index contributed by atoms with van der Waals surface area (Å²) in [6, 6.07) is 16.5. The Bertz CT molecular complexity index is 973. The van der Waals surface area contributed by atoms with Gasteiger partial charge in [-0.1, -0.05) is 50.2 Å². The zero-order valence-electron chi connectivity index (χ0n) is 18.1. The van der Waals surface area contributed by atoms with Crippen molar-refractivity contribution in [2.75, 3.05) is 20.2 Å². The van der Waals surface area contributed by atoms with E-state index in [-0.39, 0.29) is 11.4 Å². The lowest BCUT2D eigenvalue weighted by atomic mass is 9.59. The van der Waals surface area contributed by atoms with Crippen LogP contribution in [0.15, 0.2) is 48.5 Å². The summed E-state index contributed by atoms with van der Waals surface area (Å²) in [5.41, 5.74) is 3.38. The number of phenolic OH excluding ortho intramolecular Hbond substituents is 1. The largest absolute Gasteiger partial charge is 0.508 e. The number of ether oxygens (including phenoxy) is 1. The molecule has 1 heterocycles. The van der Waals surface area contributed by atoms with Gasteiger partial charge < -0.3 is 9.84 Å². The summed E-state index contributed by atoms with van der Waals surface area (Å²) in [5.74, 6) is 1.07. The Morgan fingerprint density at radius 1 is 1.23 bits per heavy atom. The lowest BCUT2D eigenvalue weighted by molar-refractivity contribution is -0.144. The lowest BCUT2D eigenvalue weighted by Gasteiger charge is -2.54. The van der Waals surface area contributed by atoms with Gasteiger partial charge in [0.05, 0.1) is 12.5 Å². The fourth-order valence-electron chi connectivity index (χ4n) is 6.39. The molecule has 1 saturated heterocycles. The molecule has 0 radical (unpaired) electrons. The minimum absolute atomic E-state index is 0.0932. The minimum Gasteiger partial charge on any atom is -0.508 e. The summed E-state index contributed by atoms with van der Waals surface area (Å²) < 4.78 is 5.25. The molecule has 1 aliphatic heterocycles. The Balaban J connectivity index is 1.41. The average molecular weight is 406 g/mol. The highest BCUT2D eigenvalue weighted by molar-refractivity contribution is 5.87. The van der Waals surface area contributed by atoms with Crippen LogP contribution in [0.1, 0.15) is 43.4 Å². The van der Waals surface area contributed by atoms with Crippen molar-refractivity contribution in [3.63, 3.8) is 0 Å². The first kappa shape index (κ1) is 19.6. The van der Waals surface area contributed by atoms with Crippen molar-refractivity contribution in [2.24, 2.45) is 11.8 Å². The number of aromatic hydroxyl groups is 1. The second-order valence-corrected chi connectivity index (χ2v) is 9.79. The number of likely N-dealkylation sites (tertiary alicyclic amines) is 1. The van der Waals surface area contributed by atoms with E-state index in [2.05, 4.69) is 36.9 Å². The molecule has 4 heteroatoms. The van der Waals surface area contributed by atoms with E-state index in [0.717, 1.165) is 37.9 Å². The Hall–Kier alpha value is -2.33. The third-order valence-corrected chi connectivity index (χ3v) is 8.51. The van der Waals surface area contributed by atoms with Gasteiger partial charge in [0.1, 0.15) is 5.75 Å². The number of esters is 1. The minimum atomic E-state index is -0.488. The number of nitrogens with zero attached hydrogens (tertiary/aromatic N) is 1. The third kappa shape index (κ3) is 2.73. The van der Waals surface area contributed by atoms with Crippen molar-refractivity contribution >= 4 is 5.97 Å². The van der Waals surface area contributed by atoms with E-state index >= 15 is 0 Å². The van der Waals surface area contributed by atoms with Crippen LogP contribution in [0.3, 0.4) is 0 Å². The molecule has 0 aromatic heterocycles. The summed E-state index contributed by atoms with van der Waals surface area (Å²) in [5, 5.41) is 10.1. The molecule has 5 rings (SSSR count). The number of hydrogen-bond donors (Lipinski definition) is 1. The normalized spacial score (nSPS) is 34.8. The molecule has 3 aliphatic rings. The summed E-state index contributed by atoms with van der Waals surface area (Å²) in [4.78, 5) is 15.4. The molecule has 5 atom stereocenters. The Morgan fingerprint density at radius 2 is 2.00 bits per heavy atom. The molecular formula is C26H31NO3. The van der Waals surface area contributed by atoms with Gasteiger partial charge in [0.25, 0.3) is 0 Å². The highest BCUT2D eigenvalue weighted by atomic mass is 16.5. The van der Waals surface area contributed by atoms with E-state index in [1.54, 1.807) is 0 Å². The number of methoxy groups -OCH3 is 1. The molecular weight excluding hydrogens is 374 g/mol. The van der Waals surface area contributed by atoms with E-state index in [4.69, 9.17) is 4.74 Å². The van der Waals surface area contributed by atoms with Gasteiger partial charge in [0, 0.05) is 12.6 Å². The molecule has 1 saturated carbocycles. The molecule has 1 unspecified atom stereocenters. The van der Waals surface area contributed by atoms with E-state index < -0.39 is 5.41 Å². The number of rotatable bonds is 4.